The Morgan fingerprint density at radius 2 is 1.73 bits per heavy atom. The average Bonchev–Trinajstić information content (AvgIpc) is 3.33. The van der Waals surface area contributed by atoms with Crippen molar-refractivity contribution < 1.29 is 29.0 Å². The minimum atomic E-state index is -1.34. The average molecular weight is 450 g/mol. The molecule has 2 aromatic carbocycles. The molecule has 1 heterocycles. The number of amides is 2. The Hall–Kier alpha value is -3.39. The fraction of sp³-hybridized carbons (Fsp3) is 0.400. The van der Waals surface area contributed by atoms with Crippen molar-refractivity contribution in [2.75, 3.05) is 26.4 Å². The van der Waals surface area contributed by atoms with E-state index in [1.165, 1.54) is 11.1 Å². The molecule has 0 bridgehead atoms. The van der Waals surface area contributed by atoms with Crippen LogP contribution in [0.1, 0.15) is 29.9 Å². The highest BCUT2D eigenvalue weighted by Crippen LogP contribution is 2.44. The van der Waals surface area contributed by atoms with Crippen LogP contribution in [0.5, 0.6) is 0 Å². The van der Waals surface area contributed by atoms with Crippen molar-refractivity contribution in [2.45, 2.75) is 24.3 Å². The van der Waals surface area contributed by atoms with Gasteiger partial charge in [0.2, 0.25) is 5.91 Å². The second-order valence-electron chi connectivity index (χ2n) is 8.99. The number of carboxylic acids is 1. The maximum atomic E-state index is 12.5. The van der Waals surface area contributed by atoms with Gasteiger partial charge in [-0.25, -0.2) is 9.59 Å². The number of ether oxygens (including phenoxy) is 2. The fourth-order valence-electron chi connectivity index (χ4n) is 4.87. The summed E-state index contributed by atoms with van der Waals surface area (Å²) in [6.45, 7) is 0.828. The maximum Gasteiger partial charge on any atom is 0.407 e. The van der Waals surface area contributed by atoms with Crippen molar-refractivity contribution in [1.29, 1.82) is 0 Å². The van der Waals surface area contributed by atoms with E-state index in [4.69, 9.17) is 9.47 Å². The third-order valence-electron chi connectivity index (χ3n) is 6.91. The molecule has 1 saturated heterocycles. The molecule has 3 atom stereocenters. The second-order valence-corrected chi connectivity index (χ2v) is 8.99. The van der Waals surface area contributed by atoms with Crippen LogP contribution in [0.25, 0.3) is 11.1 Å². The van der Waals surface area contributed by atoms with Gasteiger partial charge in [0.15, 0.2) is 5.54 Å². The van der Waals surface area contributed by atoms with Crippen molar-refractivity contribution in [3.05, 3.63) is 59.7 Å². The van der Waals surface area contributed by atoms with Crippen LogP contribution >= 0.6 is 0 Å². The molecule has 33 heavy (non-hydrogen) atoms. The van der Waals surface area contributed by atoms with E-state index in [1.807, 2.05) is 24.3 Å². The molecule has 0 radical (unpaired) electrons. The highest BCUT2D eigenvalue weighted by molar-refractivity contribution is 5.90. The molecule has 3 aliphatic rings. The van der Waals surface area contributed by atoms with Gasteiger partial charge in [-0.05, 0) is 34.6 Å². The molecule has 172 valence electrons. The summed E-state index contributed by atoms with van der Waals surface area (Å²) in [6.07, 6.45) is 0.337. The SMILES string of the molecule is O=C(NC[C@@H]1C[C@@H]1C(=O)NC1(C(=O)O)CCOC1)OCC1c2ccccc2-c2ccccc21. The number of carbonyl (C=O) groups excluding carboxylic acids is 2. The standard InChI is InChI=1S/C25H26N2O6/c28-22(27-25(23(29)30)9-10-32-14-25)20-11-15(20)12-26-24(31)33-13-21-18-7-3-1-5-16(18)17-6-2-4-8-19(17)21/h1-8,15,20-21H,9-14H2,(H,26,31)(H,27,28)(H,29,30)/t15-,20-,25?/m0/s1. The number of rotatable bonds is 7. The fourth-order valence-corrected chi connectivity index (χ4v) is 4.87. The quantitative estimate of drug-likeness (QED) is 0.597. The number of hydrogen-bond donors (Lipinski definition) is 3. The summed E-state index contributed by atoms with van der Waals surface area (Å²) in [5.74, 6) is -1.73. The van der Waals surface area contributed by atoms with Gasteiger partial charge in [0.1, 0.15) is 6.61 Å². The first-order chi connectivity index (χ1) is 16.0. The van der Waals surface area contributed by atoms with Crippen LogP contribution in [-0.4, -0.2) is 55.0 Å². The molecule has 2 aliphatic carbocycles. The van der Waals surface area contributed by atoms with Crippen molar-refractivity contribution in [3.63, 3.8) is 0 Å². The molecule has 1 aliphatic heterocycles. The lowest BCUT2D eigenvalue weighted by molar-refractivity contribution is -0.147. The first-order valence-corrected chi connectivity index (χ1v) is 11.2. The smallest absolute Gasteiger partial charge is 0.407 e. The van der Waals surface area contributed by atoms with Gasteiger partial charge in [-0.3, -0.25) is 4.79 Å². The second kappa shape index (κ2) is 8.51. The summed E-state index contributed by atoms with van der Waals surface area (Å²) in [5.41, 5.74) is 3.29. The minimum Gasteiger partial charge on any atom is -0.479 e. The highest BCUT2D eigenvalue weighted by Gasteiger charge is 2.49. The van der Waals surface area contributed by atoms with E-state index in [2.05, 4.69) is 34.9 Å². The molecule has 8 nitrogen and oxygen atoms in total. The normalized spacial score (nSPS) is 25.1. The third-order valence-corrected chi connectivity index (χ3v) is 6.91. The Labute approximate surface area is 191 Å². The van der Waals surface area contributed by atoms with E-state index in [0.717, 1.165) is 11.1 Å². The Morgan fingerprint density at radius 1 is 1.06 bits per heavy atom. The van der Waals surface area contributed by atoms with Crippen molar-refractivity contribution in [3.8, 4) is 11.1 Å². The van der Waals surface area contributed by atoms with E-state index >= 15 is 0 Å². The lowest BCUT2D eigenvalue weighted by atomic mass is 9.98. The van der Waals surface area contributed by atoms with Gasteiger partial charge < -0.3 is 25.2 Å². The van der Waals surface area contributed by atoms with Crippen molar-refractivity contribution in [2.24, 2.45) is 11.8 Å². The predicted molar refractivity (Wildman–Crippen MR) is 119 cm³/mol. The number of nitrogens with one attached hydrogen (secondary N) is 2. The first kappa shape index (κ1) is 21.5. The van der Waals surface area contributed by atoms with Crippen LogP contribution in [-0.2, 0) is 19.1 Å². The zero-order valence-electron chi connectivity index (χ0n) is 18.1. The lowest BCUT2D eigenvalue weighted by Gasteiger charge is -2.23. The molecule has 1 unspecified atom stereocenters. The number of benzene rings is 2. The Kier molecular flexibility index (Phi) is 5.54. The van der Waals surface area contributed by atoms with Gasteiger partial charge in [0.05, 0.1) is 6.61 Å². The molecule has 5 rings (SSSR count). The predicted octanol–water partition coefficient (Wildman–Crippen LogP) is 2.52. The monoisotopic (exact) mass is 450 g/mol. The summed E-state index contributed by atoms with van der Waals surface area (Å²) in [7, 11) is 0. The van der Waals surface area contributed by atoms with E-state index in [1.54, 1.807) is 0 Å². The van der Waals surface area contributed by atoms with Crippen LogP contribution in [0.2, 0.25) is 0 Å². The molecule has 0 aromatic heterocycles. The van der Waals surface area contributed by atoms with Gasteiger partial charge in [0, 0.05) is 31.4 Å². The van der Waals surface area contributed by atoms with E-state index < -0.39 is 17.6 Å². The largest absolute Gasteiger partial charge is 0.479 e. The van der Waals surface area contributed by atoms with Gasteiger partial charge in [-0.2, -0.15) is 0 Å². The summed E-state index contributed by atoms with van der Waals surface area (Å²) < 4.78 is 10.7. The Balaban J connectivity index is 1.11. The summed E-state index contributed by atoms with van der Waals surface area (Å²) in [6, 6.07) is 16.3. The number of hydrogen-bond acceptors (Lipinski definition) is 5. The molecule has 2 aromatic rings. The van der Waals surface area contributed by atoms with Crippen LogP contribution in [0.15, 0.2) is 48.5 Å². The third kappa shape index (κ3) is 4.06. The molecule has 1 saturated carbocycles. The number of alkyl carbamates (subject to hydrolysis) is 1. The number of fused-ring (bicyclic) bond motifs is 3. The van der Waals surface area contributed by atoms with Crippen LogP contribution in [0.3, 0.4) is 0 Å². The summed E-state index contributed by atoms with van der Waals surface area (Å²) >= 11 is 0. The van der Waals surface area contributed by atoms with Crippen molar-refractivity contribution in [1.82, 2.24) is 10.6 Å². The van der Waals surface area contributed by atoms with Gasteiger partial charge >= 0.3 is 12.1 Å². The van der Waals surface area contributed by atoms with Gasteiger partial charge in [0.25, 0.3) is 0 Å². The molecule has 3 N–H and O–H groups in total. The van der Waals surface area contributed by atoms with Crippen LogP contribution < -0.4 is 10.6 Å². The van der Waals surface area contributed by atoms with Gasteiger partial charge in [-0.1, -0.05) is 48.5 Å². The van der Waals surface area contributed by atoms with Crippen LogP contribution in [0.4, 0.5) is 4.79 Å². The zero-order chi connectivity index (χ0) is 23.0. The molecule has 2 fully saturated rings. The number of carbonyl (C=O) groups is 3. The molecular weight excluding hydrogens is 424 g/mol. The highest BCUT2D eigenvalue weighted by atomic mass is 16.5. The Morgan fingerprint density at radius 3 is 2.33 bits per heavy atom. The summed E-state index contributed by atoms with van der Waals surface area (Å²) in [4.78, 5) is 36.4. The molecule has 8 heteroatoms. The first-order valence-electron chi connectivity index (χ1n) is 11.2. The van der Waals surface area contributed by atoms with E-state index in [-0.39, 0.29) is 43.3 Å². The lowest BCUT2D eigenvalue weighted by Crippen LogP contribution is -2.55. The van der Waals surface area contributed by atoms with Crippen molar-refractivity contribution >= 4 is 18.0 Å². The Bertz CT molecular complexity index is 1050. The zero-order valence-corrected chi connectivity index (χ0v) is 18.1. The summed E-state index contributed by atoms with van der Waals surface area (Å²) in [5, 5.41) is 14.9. The van der Waals surface area contributed by atoms with Gasteiger partial charge in [-0.15, -0.1) is 0 Å². The van der Waals surface area contributed by atoms with E-state index in [9.17, 15) is 19.5 Å². The molecule has 2 amide bonds. The molecular formula is C25H26N2O6. The maximum absolute atomic E-state index is 12.5. The molecule has 0 spiro atoms. The number of aliphatic carboxylic acids is 1. The topological polar surface area (TPSA) is 114 Å². The van der Waals surface area contributed by atoms with Crippen LogP contribution in [0, 0.1) is 11.8 Å². The minimum absolute atomic E-state index is 0.0107. The van der Waals surface area contributed by atoms with E-state index in [0.29, 0.717) is 19.6 Å². The number of carboxylic acid groups (broad SMARTS) is 1.